The van der Waals surface area contributed by atoms with E-state index in [1.165, 1.54) is 18.4 Å². The third-order valence-electron chi connectivity index (χ3n) is 6.63. The third-order valence-corrected chi connectivity index (χ3v) is 9.76. The van der Waals surface area contributed by atoms with Gasteiger partial charge in [-0.3, -0.25) is 9.52 Å². The minimum atomic E-state index is -3.66. The van der Waals surface area contributed by atoms with Crippen LogP contribution in [0.15, 0.2) is 89.1 Å². The van der Waals surface area contributed by atoms with Gasteiger partial charge in [-0.2, -0.15) is 0 Å². The molecule has 0 saturated heterocycles. The van der Waals surface area contributed by atoms with Gasteiger partial charge >= 0.3 is 6.09 Å². The fraction of sp³-hybridized carbons (Fsp3) is 0.233. The van der Waals surface area contributed by atoms with Crippen molar-refractivity contribution in [3.05, 3.63) is 112 Å². The first-order valence-electron chi connectivity index (χ1n) is 13.4. The lowest BCUT2D eigenvalue weighted by atomic mass is 10.0. The van der Waals surface area contributed by atoms with Crippen molar-refractivity contribution in [1.29, 1.82) is 0 Å². The van der Waals surface area contributed by atoms with Crippen molar-refractivity contribution in [3.8, 4) is 0 Å². The summed E-state index contributed by atoms with van der Waals surface area (Å²) in [5, 5.41) is 7.60. The highest BCUT2D eigenvalue weighted by Crippen LogP contribution is 2.25. The summed E-state index contributed by atoms with van der Waals surface area (Å²) >= 11 is 1.17. The van der Waals surface area contributed by atoms with Crippen LogP contribution in [0.2, 0.25) is 0 Å². The maximum atomic E-state index is 13.6. The van der Waals surface area contributed by atoms with Crippen LogP contribution in [-0.2, 0) is 48.9 Å². The number of aryl methyl sites for hydroxylation is 1. The number of nitrogens with zero attached hydrogens (tertiary/aromatic N) is 1. The van der Waals surface area contributed by atoms with E-state index in [9.17, 15) is 26.4 Å². The number of carbonyl (C=O) groups excluding carboxylic acids is 2. The normalized spacial score (nSPS) is 12.7. The standard InChI is InChI=1S/C30H32N4O7S3/c1-20-8-14-24(15-9-20)44(39,40)19-28-31-27(18-42-28)25(16-22-10-12-23(13-11-22)34-43(37)38)32-29(35)26(33-30(36)41-2)17-21-6-4-3-5-7-21/h3-15,18,25-26,43H,16-17,19H2,1-2H3,(H,32,35)(H,33,36)(H,34,37,38)/t25-,26-/m0/s1. The lowest BCUT2D eigenvalue weighted by Crippen LogP contribution is -2.49. The molecule has 11 nitrogen and oxygen atoms in total. The van der Waals surface area contributed by atoms with Crippen LogP contribution in [0.5, 0.6) is 0 Å². The Kier molecular flexibility index (Phi) is 11.1. The molecule has 44 heavy (non-hydrogen) atoms. The summed E-state index contributed by atoms with van der Waals surface area (Å²) in [6, 6.07) is 20.7. The van der Waals surface area contributed by atoms with E-state index < -0.39 is 44.8 Å². The van der Waals surface area contributed by atoms with Crippen molar-refractivity contribution in [2.24, 2.45) is 0 Å². The number of anilines is 1. The molecule has 0 bridgehead atoms. The molecule has 2 atom stereocenters. The fourth-order valence-corrected chi connectivity index (χ4v) is 7.20. The summed E-state index contributed by atoms with van der Waals surface area (Å²) in [7, 11) is -5.28. The van der Waals surface area contributed by atoms with Crippen LogP contribution in [0.1, 0.15) is 33.4 Å². The fourth-order valence-electron chi connectivity index (χ4n) is 4.36. The quantitative estimate of drug-likeness (QED) is 0.158. The number of rotatable bonds is 13. The third kappa shape index (κ3) is 9.36. The molecule has 0 fully saturated rings. The number of alkyl carbamates (subject to hydrolysis) is 1. The topological polar surface area (TPSA) is 161 Å². The Hall–Kier alpha value is -4.27. The van der Waals surface area contributed by atoms with Crippen LogP contribution in [0.3, 0.4) is 0 Å². The largest absolute Gasteiger partial charge is 0.453 e. The Morgan fingerprint density at radius 1 is 0.909 bits per heavy atom. The van der Waals surface area contributed by atoms with Gasteiger partial charge in [-0.25, -0.2) is 26.6 Å². The van der Waals surface area contributed by atoms with E-state index in [-0.39, 0.29) is 23.5 Å². The highest BCUT2D eigenvalue weighted by atomic mass is 32.2. The van der Waals surface area contributed by atoms with Gasteiger partial charge in [-0.05, 0) is 48.7 Å². The summed E-state index contributed by atoms with van der Waals surface area (Å²) in [5.74, 6) is -0.803. The smallest absolute Gasteiger partial charge is 0.407 e. The number of carbonyl (C=O) groups is 2. The van der Waals surface area contributed by atoms with Gasteiger partial charge in [0.25, 0.3) is 0 Å². The maximum Gasteiger partial charge on any atom is 0.407 e. The number of nitrogens with one attached hydrogen (secondary N) is 3. The molecular weight excluding hydrogens is 625 g/mol. The predicted octanol–water partition coefficient (Wildman–Crippen LogP) is 3.73. The Morgan fingerprint density at radius 2 is 1.57 bits per heavy atom. The lowest BCUT2D eigenvalue weighted by molar-refractivity contribution is -0.123. The van der Waals surface area contributed by atoms with E-state index >= 15 is 0 Å². The van der Waals surface area contributed by atoms with Crippen LogP contribution in [0.4, 0.5) is 10.5 Å². The molecule has 4 aromatic rings. The van der Waals surface area contributed by atoms with Gasteiger partial charge in [0.1, 0.15) is 16.8 Å². The summed E-state index contributed by atoms with van der Waals surface area (Å²) in [4.78, 5) is 30.5. The predicted molar refractivity (Wildman–Crippen MR) is 169 cm³/mol. The van der Waals surface area contributed by atoms with E-state index in [2.05, 4.69) is 20.3 Å². The van der Waals surface area contributed by atoms with E-state index in [4.69, 9.17) is 4.74 Å². The number of thiazole rings is 1. The Bertz CT molecular complexity index is 1750. The molecule has 232 valence electrons. The zero-order chi connectivity index (χ0) is 31.7. The average molecular weight is 657 g/mol. The molecule has 4 rings (SSSR count). The molecule has 2 amide bonds. The molecule has 0 unspecified atom stereocenters. The van der Waals surface area contributed by atoms with Crippen LogP contribution >= 0.6 is 11.3 Å². The SMILES string of the molecule is COC(=O)N[C@@H](Cc1ccccc1)C(=O)N[C@@H](Cc1ccc(N[SH](=O)=O)cc1)c1csc(CS(=O)(=O)c2ccc(C)cc2)n1. The van der Waals surface area contributed by atoms with Gasteiger partial charge in [0.05, 0.1) is 23.7 Å². The van der Waals surface area contributed by atoms with Crippen molar-refractivity contribution in [2.75, 3.05) is 11.8 Å². The minimum absolute atomic E-state index is 0.191. The van der Waals surface area contributed by atoms with Gasteiger partial charge in [0, 0.05) is 17.5 Å². The van der Waals surface area contributed by atoms with Gasteiger partial charge < -0.3 is 15.4 Å². The van der Waals surface area contributed by atoms with Gasteiger partial charge in [-0.1, -0.05) is 60.2 Å². The number of aromatic nitrogens is 1. The Balaban J connectivity index is 1.60. The molecule has 1 heterocycles. The molecule has 14 heteroatoms. The van der Waals surface area contributed by atoms with Crippen molar-refractivity contribution in [2.45, 2.75) is 42.5 Å². The number of sulfone groups is 1. The number of thiol groups is 1. The van der Waals surface area contributed by atoms with Crippen molar-refractivity contribution < 1.29 is 31.2 Å². The number of ether oxygens (including phenoxy) is 1. The number of hydrogen-bond donors (Lipinski definition) is 4. The first-order chi connectivity index (χ1) is 21.0. The number of benzene rings is 3. The molecule has 0 radical (unpaired) electrons. The van der Waals surface area contributed by atoms with E-state index in [0.717, 1.165) is 16.7 Å². The summed E-state index contributed by atoms with van der Waals surface area (Å²) in [5.41, 5.74) is 3.34. The summed E-state index contributed by atoms with van der Waals surface area (Å²) < 4.78 is 55.2. The molecule has 0 spiro atoms. The number of hydrogen-bond acceptors (Lipinski definition) is 9. The van der Waals surface area contributed by atoms with Crippen LogP contribution in [0.25, 0.3) is 0 Å². The van der Waals surface area contributed by atoms with E-state index in [1.54, 1.807) is 53.9 Å². The lowest BCUT2D eigenvalue weighted by Gasteiger charge is -2.23. The molecule has 0 aliphatic carbocycles. The monoisotopic (exact) mass is 656 g/mol. The second-order valence-electron chi connectivity index (χ2n) is 9.95. The van der Waals surface area contributed by atoms with E-state index in [1.807, 2.05) is 37.3 Å². The molecule has 3 N–H and O–H groups in total. The highest BCUT2D eigenvalue weighted by molar-refractivity contribution is 7.90. The van der Waals surface area contributed by atoms with Crippen LogP contribution in [-0.4, -0.2) is 47.0 Å². The van der Waals surface area contributed by atoms with Crippen molar-refractivity contribution in [3.63, 3.8) is 0 Å². The second-order valence-corrected chi connectivity index (χ2v) is 13.6. The van der Waals surface area contributed by atoms with Gasteiger partial charge in [0.2, 0.25) is 16.8 Å². The molecular formula is C30H32N4O7S3. The zero-order valence-electron chi connectivity index (χ0n) is 23.9. The molecule has 0 aliphatic rings. The second kappa shape index (κ2) is 14.9. The summed E-state index contributed by atoms with van der Waals surface area (Å²) in [6.07, 6.45) is -0.325. The molecule has 1 aromatic heterocycles. The number of methoxy groups -OCH3 is 1. The minimum Gasteiger partial charge on any atom is -0.453 e. The highest BCUT2D eigenvalue weighted by Gasteiger charge is 2.27. The van der Waals surface area contributed by atoms with Gasteiger partial charge in [0.15, 0.2) is 9.84 Å². The molecule has 3 aromatic carbocycles. The number of amides is 2. The first-order valence-corrected chi connectivity index (χ1v) is 17.2. The zero-order valence-corrected chi connectivity index (χ0v) is 26.5. The average Bonchev–Trinajstić information content (AvgIpc) is 3.45. The van der Waals surface area contributed by atoms with Crippen LogP contribution in [0, 0.1) is 6.92 Å². The van der Waals surface area contributed by atoms with Crippen molar-refractivity contribution >= 4 is 49.8 Å². The summed E-state index contributed by atoms with van der Waals surface area (Å²) in [6.45, 7) is 1.87. The first kappa shape index (κ1) is 32.6. The molecule has 0 aliphatic heterocycles. The van der Waals surface area contributed by atoms with E-state index in [0.29, 0.717) is 16.4 Å². The molecule has 0 saturated carbocycles. The maximum absolute atomic E-state index is 13.6. The Morgan fingerprint density at radius 3 is 2.20 bits per heavy atom. The van der Waals surface area contributed by atoms with Crippen molar-refractivity contribution in [1.82, 2.24) is 15.6 Å². The Labute approximate surface area is 261 Å². The van der Waals surface area contributed by atoms with Gasteiger partial charge in [-0.15, -0.1) is 11.3 Å². The van der Waals surface area contributed by atoms with Crippen LogP contribution < -0.4 is 15.4 Å².